The van der Waals surface area contributed by atoms with Crippen LogP contribution in [0.15, 0.2) is 47.5 Å². The summed E-state index contributed by atoms with van der Waals surface area (Å²) < 4.78 is 5.24. The Kier molecular flexibility index (Phi) is 3.30. The van der Waals surface area contributed by atoms with Gasteiger partial charge in [-0.2, -0.15) is 0 Å². The van der Waals surface area contributed by atoms with Gasteiger partial charge in [0.15, 0.2) is 0 Å². The van der Waals surface area contributed by atoms with Crippen molar-refractivity contribution >= 4 is 16.7 Å². The van der Waals surface area contributed by atoms with Crippen molar-refractivity contribution in [3.63, 3.8) is 0 Å². The Bertz CT molecular complexity index is 891. The van der Waals surface area contributed by atoms with Gasteiger partial charge < -0.3 is 15.0 Å². The third-order valence-corrected chi connectivity index (χ3v) is 4.32. The zero-order valence-electron chi connectivity index (χ0n) is 13.3. The lowest BCUT2D eigenvalue weighted by atomic mass is 10.0. The molecule has 0 unspecified atom stereocenters. The minimum atomic E-state index is 0.847. The maximum atomic E-state index is 5.24. The number of H-pyrrole nitrogens is 1. The number of hydrogen-bond acceptors (Lipinski definition) is 3. The van der Waals surface area contributed by atoms with Gasteiger partial charge in [-0.05, 0) is 42.3 Å². The van der Waals surface area contributed by atoms with Gasteiger partial charge in [-0.3, -0.25) is 4.99 Å². The first-order chi connectivity index (χ1) is 11.3. The molecule has 0 saturated heterocycles. The molecule has 1 aliphatic heterocycles. The summed E-state index contributed by atoms with van der Waals surface area (Å²) in [4.78, 5) is 8.04. The third kappa shape index (κ3) is 2.36. The van der Waals surface area contributed by atoms with Crippen LogP contribution in [0.4, 0.5) is 0 Å². The van der Waals surface area contributed by atoms with Gasteiger partial charge in [0.05, 0.1) is 13.7 Å². The summed E-state index contributed by atoms with van der Waals surface area (Å²) in [6, 6.07) is 14.7. The number of aryl methyl sites for hydroxylation is 1. The van der Waals surface area contributed by atoms with Crippen LogP contribution in [0.2, 0.25) is 0 Å². The summed E-state index contributed by atoms with van der Waals surface area (Å²) >= 11 is 0. The Labute approximate surface area is 135 Å². The van der Waals surface area contributed by atoms with Gasteiger partial charge in [0, 0.05) is 28.7 Å². The molecule has 23 heavy (non-hydrogen) atoms. The number of methoxy groups -OCH3 is 1. The Morgan fingerprint density at radius 3 is 2.52 bits per heavy atom. The maximum absolute atomic E-state index is 5.24. The lowest BCUT2D eigenvalue weighted by Gasteiger charge is -2.06. The van der Waals surface area contributed by atoms with E-state index in [4.69, 9.17) is 4.74 Å². The molecule has 116 valence electrons. The number of aliphatic imine (C=N–C) groups is 1. The monoisotopic (exact) mass is 305 g/mol. The van der Waals surface area contributed by atoms with Crippen molar-refractivity contribution in [1.82, 2.24) is 10.3 Å². The molecule has 3 aromatic rings. The van der Waals surface area contributed by atoms with E-state index in [1.54, 1.807) is 7.11 Å². The third-order valence-electron chi connectivity index (χ3n) is 4.32. The summed E-state index contributed by atoms with van der Waals surface area (Å²) in [5.41, 5.74) is 5.86. The van der Waals surface area contributed by atoms with E-state index < -0.39 is 0 Å². The molecule has 2 N–H and O–H groups in total. The van der Waals surface area contributed by atoms with Gasteiger partial charge in [-0.1, -0.05) is 18.2 Å². The second kappa shape index (κ2) is 5.47. The first-order valence-electron chi connectivity index (χ1n) is 7.82. The molecule has 0 aliphatic carbocycles. The van der Waals surface area contributed by atoms with Crippen molar-refractivity contribution in [3.8, 4) is 16.9 Å². The number of nitrogens with zero attached hydrogens (tertiary/aromatic N) is 1. The Morgan fingerprint density at radius 2 is 1.83 bits per heavy atom. The highest BCUT2D eigenvalue weighted by molar-refractivity contribution is 6.12. The van der Waals surface area contributed by atoms with E-state index in [-0.39, 0.29) is 0 Å². The molecule has 0 amide bonds. The molecular weight excluding hydrogens is 286 g/mol. The van der Waals surface area contributed by atoms with Crippen molar-refractivity contribution in [3.05, 3.63) is 53.7 Å². The minimum absolute atomic E-state index is 0.847. The fraction of sp³-hybridized carbons (Fsp3) is 0.211. The van der Waals surface area contributed by atoms with Crippen LogP contribution in [0.1, 0.15) is 11.3 Å². The van der Waals surface area contributed by atoms with Crippen molar-refractivity contribution in [2.75, 3.05) is 20.2 Å². The number of benzene rings is 2. The molecular formula is C19H19N3O. The lowest BCUT2D eigenvalue weighted by molar-refractivity contribution is 0.415. The lowest BCUT2D eigenvalue weighted by Crippen LogP contribution is -2.19. The molecule has 0 fully saturated rings. The van der Waals surface area contributed by atoms with E-state index in [1.807, 2.05) is 12.1 Å². The standard InChI is InChI=1S/C19H19N3O/c1-12-18(19-20-9-10-21-19)16-11-14(5-8-17(16)22-12)13-3-6-15(23-2)7-4-13/h3-8,11,22H,9-10H2,1-2H3,(H,20,21). The number of amidine groups is 1. The van der Waals surface area contributed by atoms with Gasteiger partial charge in [0.1, 0.15) is 11.6 Å². The van der Waals surface area contributed by atoms with Crippen molar-refractivity contribution in [1.29, 1.82) is 0 Å². The van der Waals surface area contributed by atoms with Crippen LogP contribution >= 0.6 is 0 Å². The van der Waals surface area contributed by atoms with E-state index in [1.165, 1.54) is 22.1 Å². The molecule has 0 saturated carbocycles. The number of ether oxygens (including phenoxy) is 1. The predicted octanol–water partition coefficient (Wildman–Crippen LogP) is 3.50. The van der Waals surface area contributed by atoms with Gasteiger partial charge in [-0.25, -0.2) is 0 Å². The Hall–Kier alpha value is -2.75. The number of rotatable bonds is 3. The molecule has 2 aromatic carbocycles. The van der Waals surface area contributed by atoms with Gasteiger partial charge in [0.25, 0.3) is 0 Å². The first-order valence-corrected chi connectivity index (χ1v) is 7.82. The molecule has 0 bridgehead atoms. The first kappa shape index (κ1) is 13.9. The zero-order valence-corrected chi connectivity index (χ0v) is 13.3. The number of hydrogen-bond donors (Lipinski definition) is 2. The fourth-order valence-electron chi connectivity index (χ4n) is 3.16. The highest BCUT2D eigenvalue weighted by Crippen LogP contribution is 2.29. The number of fused-ring (bicyclic) bond motifs is 1. The van der Waals surface area contributed by atoms with Gasteiger partial charge in [0.2, 0.25) is 0 Å². The topological polar surface area (TPSA) is 49.4 Å². The SMILES string of the molecule is COc1ccc(-c2ccc3[nH]c(C)c(C4=NCCN4)c3c2)cc1. The number of aromatic nitrogens is 1. The summed E-state index contributed by atoms with van der Waals surface area (Å²) in [5.74, 6) is 1.87. The predicted molar refractivity (Wildman–Crippen MR) is 94.4 cm³/mol. The van der Waals surface area contributed by atoms with Crippen molar-refractivity contribution in [2.45, 2.75) is 6.92 Å². The van der Waals surface area contributed by atoms with Crippen LogP contribution < -0.4 is 10.1 Å². The molecule has 2 heterocycles. The zero-order chi connectivity index (χ0) is 15.8. The largest absolute Gasteiger partial charge is 0.497 e. The van der Waals surface area contributed by atoms with Crippen LogP contribution in [0.25, 0.3) is 22.0 Å². The summed E-state index contributed by atoms with van der Waals surface area (Å²) in [6.07, 6.45) is 0. The summed E-state index contributed by atoms with van der Waals surface area (Å²) in [5, 5.41) is 4.59. The van der Waals surface area contributed by atoms with Crippen LogP contribution in [0.5, 0.6) is 5.75 Å². The molecule has 4 nitrogen and oxygen atoms in total. The van der Waals surface area contributed by atoms with Gasteiger partial charge >= 0.3 is 0 Å². The van der Waals surface area contributed by atoms with Crippen molar-refractivity contribution < 1.29 is 4.74 Å². The summed E-state index contributed by atoms with van der Waals surface area (Å²) in [7, 11) is 1.69. The van der Waals surface area contributed by atoms with Crippen LogP contribution in [0.3, 0.4) is 0 Å². The minimum Gasteiger partial charge on any atom is -0.497 e. The average molecular weight is 305 g/mol. The molecule has 1 aromatic heterocycles. The second-order valence-electron chi connectivity index (χ2n) is 5.77. The molecule has 0 radical (unpaired) electrons. The number of aromatic amines is 1. The molecule has 1 aliphatic rings. The van der Waals surface area contributed by atoms with E-state index in [9.17, 15) is 0 Å². The Morgan fingerprint density at radius 1 is 1.04 bits per heavy atom. The van der Waals surface area contributed by atoms with E-state index in [0.717, 1.165) is 35.9 Å². The van der Waals surface area contributed by atoms with Gasteiger partial charge in [-0.15, -0.1) is 0 Å². The molecule has 4 heteroatoms. The van der Waals surface area contributed by atoms with Crippen molar-refractivity contribution in [2.24, 2.45) is 4.99 Å². The van der Waals surface area contributed by atoms with Crippen LogP contribution in [-0.2, 0) is 0 Å². The van der Waals surface area contributed by atoms with Crippen LogP contribution in [-0.4, -0.2) is 31.0 Å². The fourth-order valence-corrected chi connectivity index (χ4v) is 3.16. The number of nitrogens with one attached hydrogen (secondary N) is 2. The average Bonchev–Trinajstić information content (AvgIpc) is 3.20. The van der Waals surface area contributed by atoms with E-state index in [0.29, 0.717) is 0 Å². The highest BCUT2D eigenvalue weighted by Gasteiger charge is 2.17. The second-order valence-corrected chi connectivity index (χ2v) is 5.77. The highest BCUT2D eigenvalue weighted by atomic mass is 16.5. The maximum Gasteiger partial charge on any atom is 0.130 e. The summed E-state index contributed by atoms with van der Waals surface area (Å²) in [6.45, 7) is 3.87. The normalized spacial score (nSPS) is 13.9. The van der Waals surface area contributed by atoms with Crippen LogP contribution in [0, 0.1) is 6.92 Å². The van der Waals surface area contributed by atoms with E-state index in [2.05, 4.69) is 52.5 Å². The van der Waals surface area contributed by atoms with E-state index >= 15 is 0 Å². The molecule has 0 spiro atoms. The quantitative estimate of drug-likeness (QED) is 0.778. The molecule has 4 rings (SSSR count). The Balaban J connectivity index is 1.84. The smallest absolute Gasteiger partial charge is 0.130 e. The molecule has 0 atom stereocenters.